The van der Waals surface area contributed by atoms with Crippen LogP contribution in [0.25, 0.3) is 0 Å². The van der Waals surface area contributed by atoms with Crippen LogP contribution >= 0.6 is 0 Å². The number of piperidine rings is 1. The molecule has 116 valence electrons. The van der Waals surface area contributed by atoms with Crippen molar-refractivity contribution in [2.24, 2.45) is 0 Å². The van der Waals surface area contributed by atoms with Gasteiger partial charge in [-0.15, -0.1) is 0 Å². The highest BCUT2D eigenvalue weighted by Crippen LogP contribution is 2.15. The van der Waals surface area contributed by atoms with Crippen molar-refractivity contribution in [3.8, 4) is 0 Å². The fourth-order valence-corrected chi connectivity index (χ4v) is 3.47. The number of anilines is 1. The molecule has 0 saturated carbocycles. The maximum absolute atomic E-state index is 4.45. The lowest BCUT2D eigenvalue weighted by atomic mass is 10.0. The second kappa shape index (κ2) is 7.76. The first-order valence-electron chi connectivity index (χ1n) is 8.53. The summed E-state index contributed by atoms with van der Waals surface area (Å²) in [6.45, 7) is 7.06. The smallest absolute Gasteiger partial charge is 0.128 e. The molecule has 0 radical (unpaired) electrons. The first kappa shape index (κ1) is 14.8. The fraction of sp³-hybridized carbons (Fsp3) is 0.706. The number of hydrogen-bond acceptors (Lipinski definition) is 4. The molecule has 0 aromatic carbocycles. The average Bonchev–Trinajstić information content (AvgIpc) is 2.57. The number of nitrogens with zero attached hydrogens (tertiary/aromatic N) is 3. The average molecular weight is 288 g/mol. The van der Waals surface area contributed by atoms with E-state index in [0.717, 1.165) is 24.9 Å². The van der Waals surface area contributed by atoms with Gasteiger partial charge in [-0.1, -0.05) is 12.5 Å². The predicted molar refractivity (Wildman–Crippen MR) is 87.8 cm³/mol. The largest absolute Gasteiger partial charge is 0.354 e. The Morgan fingerprint density at radius 1 is 1.14 bits per heavy atom. The standard InChI is InChI=1S/C17H28N4/c1-3-9-18-16(6-1)7-5-11-20-12-14-21(15-13-20)17-8-2-4-10-19-17/h2,4,8,10,16,18H,1,3,5-7,9,11-15H2. The lowest BCUT2D eigenvalue weighted by Gasteiger charge is -2.35. The van der Waals surface area contributed by atoms with E-state index in [1.54, 1.807) is 0 Å². The Bertz CT molecular complexity index is 395. The normalized spacial score (nSPS) is 24.2. The molecule has 4 nitrogen and oxygen atoms in total. The zero-order valence-electron chi connectivity index (χ0n) is 13.0. The van der Waals surface area contributed by atoms with E-state index in [9.17, 15) is 0 Å². The number of aromatic nitrogens is 1. The highest BCUT2D eigenvalue weighted by molar-refractivity contribution is 5.38. The lowest BCUT2D eigenvalue weighted by molar-refractivity contribution is 0.244. The Kier molecular flexibility index (Phi) is 5.46. The van der Waals surface area contributed by atoms with Gasteiger partial charge in [-0.05, 0) is 50.9 Å². The molecule has 2 aliphatic rings. The molecule has 0 aliphatic carbocycles. The number of nitrogens with one attached hydrogen (secondary N) is 1. The van der Waals surface area contributed by atoms with Crippen LogP contribution in [-0.2, 0) is 0 Å². The molecule has 3 rings (SSSR count). The summed E-state index contributed by atoms with van der Waals surface area (Å²) < 4.78 is 0. The quantitative estimate of drug-likeness (QED) is 0.899. The van der Waals surface area contributed by atoms with Crippen molar-refractivity contribution >= 4 is 5.82 Å². The first-order chi connectivity index (χ1) is 10.4. The summed E-state index contributed by atoms with van der Waals surface area (Å²) >= 11 is 0. The van der Waals surface area contributed by atoms with Gasteiger partial charge in [0, 0.05) is 38.4 Å². The van der Waals surface area contributed by atoms with Gasteiger partial charge in [-0.2, -0.15) is 0 Å². The fourth-order valence-electron chi connectivity index (χ4n) is 3.47. The molecular weight excluding hydrogens is 260 g/mol. The Balaban J connectivity index is 1.34. The van der Waals surface area contributed by atoms with E-state index in [1.807, 2.05) is 12.3 Å². The van der Waals surface area contributed by atoms with Crippen LogP contribution in [0.5, 0.6) is 0 Å². The van der Waals surface area contributed by atoms with Crippen molar-refractivity contribution < 1.29 is 0 Å². The van der Waals surface area contributed by atoms with Gasteiger partial charge >= 0.3 is 0 Å². The van der Waals surface area contributed by atoms with Gasteiger partial charge in [0.2, 0.25) is 0 Å². The highest BCUT2D eigenvalue weighted by Gasteiger charge is 2.18. The molecule has 0 bridgehead atoms. The Morgan fingerprint density at radius 3 is 2.76 bits per heavy atom. The minimum atomic E-state index is 0.786. The van der Waals surface area contributed by atoms with Crippen molar-refractivity contribution in [2.45, 2.75) is 38.1 Å². The van der Waals surface area contributed by atoms with Gasteiger partial charge in [-0.3, -0.25) is 4.90 Å². The van der Waals surface area contributed by atoms with Gasteiger partial charge in [0.05, 0.1) is 0 Å². The third-order valence-corrected chi connectivity index (χ3v) is 4.78. The van der Waals surface area contributed by atoms with Crippen LogP contribution < -0.4 is 10.2 Å². The molecule has 2 aliphatic heterocycles. The van der Waals surface area contributed by atoms with Crippen LogP contribution in [-0.4, -0.2) is 55.2 Å². The van der Waals surface area contributed by atoms with Gasteiger partial charge in [-0.25, -0.2) is 4.98 Å². The van der Waals surface area contributed by atoms with Crippen molar-refractivity contribution in [3.05, 3.63) is 24.4 Å². The second-order valence-electron chi connectivity index (χ2n) is 6.31. The first-order valence-corrected chi connectivity index (χ1v) is 8.53. The summed E-state index contributed by atoms with van der Waals surface area (Å²) in [5.41, 5.74) is 0. The molecule has 1 atom stereocenters. The van der Waals surface area contributed by atoms with E-state index in [0.29, 0.717) is 0 Å². The van der Waals surface area contributed by atoms with Crippen LogP contribution in [0.4, 0.5) is 5.82 Å². The zero-order valence-corrected chi connectivity index (χ0v) is 13.0. The molecule has 2 fully saturated rings. The van der Waals surface area contributed by atoms with E-state index >= 15 is 0 Å². The molecule has 3 heterocycles. The van der Waals surface area contributed by atoms with Gasteiger partial charge < -0.3 is 10.2 Å². The third kappa shape index (κ3) is 4.42. The molecule has 0 spiro atoms. The minimum Gasteiger partial charge on any atom is -0.354 e. The molecule has 21 heavy (non-hydrogen) atoms. The summed E-state index contributed by atoms with van der Waals surface area (Å²) in [5, 5.41) is 3.65. The number of rotatable bonds is 5. The number of hydrogen-bond donors (Lipinski definition) is 1. The van der Waals surface area contributed by atoms with Crippen molar-refractivity contribution in [3.63, 3.8) is 0 Å². The van der Waals surface area contributed by atoms with E-state index in [2.05, 4.69) is 32.2 Å². The van der Waals surface area contributed by atoms with Gasteiger partial charge in [0.25, 0.3) is 0 Å². The summed E-state index contributed by atoms with van der Waals surface area (Å²) in [7, 11) is 0. The molecule has 2 saturated heterocycles. The maximum Gasteiger partial charge on any atom is 0.128 e. The topological polar surface area (TPSA) is 31.4 Å². The van der Waals surface area contributed by atoms with Crippen molar-refractivity contribution in [1.29, 1.82) is 0 Å². The Labute approximate surface area is 128 Å². The minimum absolute atomic E-state index is 0.786. The molecular formula is C17H28N4. The third-order valence-electron chi connectivity index (χ3n) is 4.78. The summed E-state index contributed by atoms with van der Waals surface area (Å²) in [4.78, 5) is 9.47. The monoisotopic (exact) mass is 288 g/mol. The van der Waals surface area contributed by atoms with Crippen LogP contribution in [0.1, 0.15) is 32.1 Å². The van der Waals surface area contributed by atoms with E-state index in [4.69, 9.17) is 0 Å². The van der Waals surface area contributed by atoms with Crippen LogP contribution in [0, 0.1) is 0 Å². The summed E-state index contributed by atoms with van der Waals surface area (Å²) in [6.07, 6.45) is 8.74. The number of piperazine rings is 1. The second-order valence-corrected chi connectivity index (χ2v) is 6.31. The predicted octanol–water partition coefficient (Wildman–Crippen LogP) is 2.13. The van der Waals surface area contributed by atoms with Crippen molar-refractivity contribution in [2.75, 3.05) is 44.2 Å². The molecule has 1 unspecified atom stereocenters. The van der Waals surface area contributed by atoms with E-state index < -0.39 is 0 Å². The maximum atomic E-state index is 4.45. The zero-order chi connectivity index (χ0) is 14.3. The lowest BCUT2D eigenvalue weighted by Crippen LogP contribution is -2.47. The van der Waals surface area contributed by atoms with Gasteiger partial charge in [0.15, 0.2) is 0 Å². The Morgan fingerprint density at radius 2 is 2.05 bits per heavy atom. The van der Waals surface area contributed by atoms with Crippen molar-refractivity contribution in [1.82, 2.24) is 15.2 Å². The highest BCUT2D eigenvalue weighted by atomic mass is 15.3. The van der Waals surface area contributed by atoms with Crippen LogP contribution in [0.2, 0.25) is 0 Å². The van der Waals surface area contributed by atoms with Crippen LogP contribution in [0.15, 0.2) is 24.4 Å². The molecule has 4 heteroatoms. The molecule has 1 aromatic rings. The molecule has 1 N–H and O–H groups in total. The molecule has 1 aromatic heterocycles. The van der Waals surface area contributed by atoms with Gasteiger partial charge in [0.1, 0.15) is 5.82 Å². The van der Waals surface area contributed by atoms with Crippen LogP contribution in [0.3, 0.4) is 0 Å². The van der Waals surface area contributed by atoms with E-state index in [-0.39, 0.29) is 0 Å². The SMILES string of the molecule is c1ccc(N2CCN(CCCC3CCCCN3)CC2)nc1. The molecule has 0 amide bonds. The number of pyridine rings is 1. The van der Waals surface area contributed by atoms with E-state index in [1.165, 1.54) is 58.3 Å². The summed E-state index contributed by atoms with van der Waals surface area (Å²) in [6, 6.07) is 6.96. The summed E-state index contributed by atoms with van der Waals surface area (Å²) in [5.74, 6) is 1.13. The Hall–Kier alpha value is -1.13.